The van der Waals surface area contributed by atoms with E-state index in [1.54, 1.807) is 18.1 Å². The van der Waals surface area contributed by atoms with Crippen LogP contribution >= 0.6 is 15.9 Å². The molecule has 5 rings (SSSR count). The van der Waals surface area contributed by atoms with Crippen molar-refractivity contribution < 1.29 is 22.4 Å². The molecule has 9 nitrogen and oxygen atoms in total. The van der Waals surface area contributed by atoms with Crippen LogP contribution in [-0.4, -0.2) is 55.6 Å². The number of anilines is 1. The molecule has 1 amide bonds. The average Bonchev–Trinajstić information content (AvgIpc) is 3.51. The van der Waals surface area contributed by atoms with Crippen molar-refractivity contribution in [2.45, 2.75) is 37.0 Å². The third kappa shape index (κ3) is 4.48. The first-order valence-electron chi connectivity index (χ1n) is 11.4. The summed E-state index contributed by atoms with van der Waals surface area (Å²) >= 11 is 3.44. The van der Waals surface area contributed by atoms with Gasteiger partial charge in [0.1, 0.15) is 10.6 Å². The normalized spacial score (nSPS) is 16.9. The van der Waals surface area contributed by atoms with E-state index in [2.05, 4.69) is 26.1 Å². The average molecular weight is 561 g/mol. The van der Waals surface area contributed by atoms with Crippen LogP contribution in [0.1, 0.15) is 37.1 Å². The smallest absolute Gasteiger partial charge is 0.247 e. The zero-order valence-corrected chi connectivity index (χ0v) is 21.8. The Labute approximate surface area is 212 Å². The van der Waals surface area contributed by atoms with Gasteiger partial charge in [0.15, 0.2) is 0 Å². The molecule has 0 spiro atoms. The second-order valence-electron chi connectivity index (χ2n) is 8.68. The lowest BCUT2D eigenvalue weighted by Crippen LogP contribution is -2.39. The number of carbonyl (C=O) groups is 1. The molecule has 11 heteroatoms. The van der Waals surface area contributed by atoms with E-state index in [0.717, 1.165) is 16.9 Å². The first kappa shape index (κ1) is 24.0. The maximum atomic E-state index is 13.7. The van der Waals surface area contributed by atoms with E-state index in [4.69, 9.17) is 9.15 Å². The Bertz CT molecular complexity index is 1370. The summed E-state index contributed by atoms with van der Waals surface area (Å²) in [5.74, 6) is 1.49. The molecule has 0 aliphatic carbocycles. The number of halogens is 1. The molecule has 2 aliphatic rings. The van der Waals surface area contributed by atoms with E-state index < -0.39 is 10.0 Å². The highest BCUT2D eigenvalue weighted by atomic mass is 79.9. The van der Waals surface area contributed by atoms with Crippen molar-refractivity contribution >= 4 is 37.5 Å². The summed E-state index contributed by atoms with van der Waals surface area (Å²) in [6.07, 6.45) is 1.76. The van der Waals surface area contributed by atoms with Gasteiger partial charge in [0.2, 0.25) is 27.7 Å². The van der Waals surface area contributed by atoms with E-state index in [0.29, 0.717) is 60.8 Å². The second-order valence-corrected chi connectivity index (χ2v) is 11.5. The minimum absolute atomic E-state index is 0.0251. The maximum Gasteiger partial charge on any atom is 0.247 e. The standard InChI is InChI=1S/C24H25BrN4O5S/c1-15(30)29-12-9-18-13-19(25)14-21(22(18)29)35(31,32)28-10-7-17(8-11-28)24-27-26-23(34-24)16-3-5-20(33-2)6-4-16/h3-6,13-14,17H,7-12H2,1-2H3. The van der Waals surface area contributed by atoms with Gasteiger partial charge in [0.05, 0.1) is 12.8 Å². The zero-order chi connectivity index (χ0) is 24.7. The highest BCUT2D eigenvalue weighted by Crippen LogP contribution is 2.40. The number of fused-ring (bicyclic) bond motifs is 1. The van der Waals surface area contributed by atoms with Gasteiger partial charge < -0.3 is 14.1 Å². The van der Waals surface area contributed by atoms with Crippen LogP contribution in [0.5, 0.6) is 5.75 Å². The maximum absolute atomic E-state index is 13.7. The number of amides is 1. The number of rotatable bonds is 5. The molecule has 3 aromatic rings. The molecule has 0 atom stereocenters. The van der Waals surface area contributed by atoms with Crippen LogP contribution in [0.3, 0.4) is 0 Å². The van der Waals surface area contributed by atoms with Crippen molar-refractivity contribution in [3.63, 3.8) is 0 Å². The van der Waals surface area contributed by atoms with E-state index in [1.165, 1.54) is 11.2 Å². The van der Waals surface area contributed by atoms with Crippen LogP contribution in [-0.2, 0) is 21.2 Å². The van der Waals surface area contributed by atoms with Gasteiger partial charge in [-0.05, 0) is 61.2 Å². The molecule has 35 heavy (non-hydrogen) atoms. The van der Waals surface area contributed by atoms with E-state index in [-0.39, 0.29) is 16.7 Å². The summed E-state index contributed by atoms with van der Waals surface area (Å²) in [4.78, 5) is 13.9. The van der Waals surface area contributed by atoms with Crippen LogP contribution < -0.4 is 9.64 Å². The Morgan fingerprint density at radius 1 is 1.11 bits per heavy atom. The molecule has 184 valence electrons. The fourth-order valence-electron chi connectivity index (χ4n) is 4.71. The lowest BCUT2D eigenvalue weighted by Gasteiger charge is -2.31. The minimum atomic E-state index is -3.80. The van der Waals surface area contributed by atoms with Crippen LogP contribution in [0.4, 0.5) is 5.69 Å². The quantitative estimate of drug-likeness (QED) is 0.464. The summed E-state index contributed by atoms with van der Waals surface area (Å²) in [7, 11) is -2.19. The van der Waals surface area contributed by atoms with Gasteiger partial charge in [-0.25, -0.2) is 8.42 Å². The molecular weight excluding hydrogens is 536 g/mol. The summed E-state index contributed by atoms with van der Waals surface area (Å²) in [6.45, 7) is 2.60. The number of hydrogen-bond acceptors (Lipinski definition) is 7. The topological polar surface area (TPSA) is 106 Å². The number of hydrogen-bond donors (Lipinski definition) is 0. The first-order chi connectivity index (χ1) is 16.8. The van der Waals surface area contributed by atoms with Crippen molar-refractivity contribution in [2.24, 2.45) is 0 Å². The van der Waals surface area contributed by atoms with Gasteiger partial charge in [0.25, 0.3) is 0 Å². The van der Waals surface area contributed by atoms with Gasteiger partial charge >= 0.3 is 0 Å². The number of piperidine rings is 1. The molecule has 0 N–H and O–H groups in total. The molecule has 2 aliphatic heterocycles. The highest BCUT2D eigenvalue weighted by Gasteiger charge is 2.37. The van der Waals surface area contributed by atoms with Crippen molar-refractivity contribution in [1.29, 1.82) is 0 Å². The summed E-state index contributed by atoms with van der Waals surface area (Å²) in [5.41, 5.74) is 2.16. The summed E-state index contributed by atoms with van der Waals surface area (Å²) < 4.78 is 40.6. The Kier molecular flexibility index (Phi) is 6.41. The Morgan fingerprint density at radius 3 is 2.49 bits per heavy atom. The third-order valence-electron chi connectivity index (χ3n) is 6.57. The number of sulfonamides is 1. The van der Waals surface area contributed by atoms with Crippen LogP contribution in [0.15, 0.2) is 50.2 Å². The predicted octanol–water partition coefficient (Wildman–Crippen LogP) is 3.99. The SMILES string of the molecule is COc1ccc(-c2nnc(C3CCN(S(=O)(=O)c4cc(Br)cc5c4N(C(C)=O)CC5)CC3)o2)cc1. The summed E-state index contributed by atoms with van der Waals surface area (Å²) in [6, 6.07) is 10.8. The van der Waals surface area contributed by atoms with E-state index in [9.17, 15) is 13.2 Å². The number of ether oxygens (including phenoxy) is 1. The van der Waals surface area contributed by atoms with Crippen molar-refractivity contribution in [1.82, 2.24) is 14.5 Å². The Balaban J connectivity index is 1.33. The Morgan fingerprint density at radius 2 is 1.83 bits per heavy atom. The van der Waals surface area contributed by atoms with Crippen molar-refractivity contribution in [3.8, 4) is 17.2 Å². The largest absolute Gasteiger partial charge is 0.497 e. The fourth-order valence-corrected chi connectivity index (χ4v) is 7.10. The molecule has 0 radical (unpaired) electrons. The van der Waals surface area contributed by atoms with Crippen molar-refractivity contribution in [3.05, 3.63) is 52.3 Å². The molecule has 0 bridgehead atoms. The number of carbonyl (C=O) groups excluding carboxylic acids is 1. The number of aromatic nitrogens is 2. The minimum Gasteiger partial charge on any atom is -0.497 e. The molecular formula is C24H25BrN4O5S. The van der Waals surface area contributed by atoms with Crippen LogP contribution in [0, 0.1) is 0 Å². The lowest BCUT2D eigenvalue weighted by atomic mass is 9.98. The molecule has 1 fully saturated rings. The summed E-state index contributed by atoms with van der Waals surface area (Å²) in [5, 5.41) is 8.40. The molecule has 1 aromatic heterocycles. The highest BCUT2D eigenvalue weighted by molar-refractivity contribution is 9.10. The van der Waals surface area contributed by atoms with E-state index in [1.807, 2.05) is 30.3 Å². The van der Waals surface area contributed by atoms with E-state index >= 15 is 0 Å². The number of nitrogens with zero attached hydrogens (tertiary/aromatic N) is 4. The molecule has 1 saturated heterocycles. The number of methoxy groups -OCH3 is 1. The fraction of sp³-hybridized carbons (Fsp3) is 0.375. The van der Waals surface area contributed by atoms with Gasteiger partial charge in [-0.1, -0.05) is 15.9 Å². The van der Waals surface area contributed by atoms with Gasteiger partial charge in [-0.3, -0.25) is 4.79 Å². The Hall–Kier alpha value is -2.76. The van der Waals surface area contributed by atoms with Gasteiger partial charge in [-0.15, -0.1) is 10.2 Å². The molecule has 0 unspecified atom stereocenters. The van der Waals surface area contributed by atoms with Gasteiger partial charge in [0, 0.05) is 42.5 Å². The van der Waals surface area contributed by atoms with Gasteiger partial charge in [-0.2, -0.15) is 4.31 Å². The number of benzene rings is 2. The predicted molar refractivity (Wildman–Crippen MR) is 133 cm³/mol. The molecule has 0 saturated carbocycles. The molecule has 3 heterocycles. The molecule has 2 aromatic carbocycles. The van der Waals surface area contributed by atoms with Crippen molar-refractivity contribution in [2.75, 3.05) is 31.6 Å². The monoisotopic (exact) mass is 560 g/mol. The first-order valence-corrected chi connectivity index (χ1v) is 13.6. The van der Waals surface area contributed by atoms with Crippen LogP contribution in [0.25, 0.3) is 11.5 Å². The third-order valence-corrected chi connectivity index (χ3v) is 8.94. The zero-order valence-electron chi connectivity index (χ0n) is 19.4. The lowest BCUT2D eigenvalue weighted by molar-refractivity contribution is -0.116. The second kappa shape index (κ2) is 9.36. The van der Waals surface area contributed by atoms with Crippen LogP contribution in [0.2, 0.25) is 0 Å².